The summed E-state index contributed by atoms with van der Waals surface area (Å²) in [6, 6.07) is 0. The SMILES string of the molecule is C=CCCCCC/C=C\CCCO. The fraction of sp³-hybridized carbons (Fsp3) is 0.667. The van der Waals surface area contributed by atoms with Crippen molar-refractivity contribution in [2.45, 2.75) is 44.9 Å². The van der Waals surface area contributed by atoms with E-state index in [9.17, 15) is 0 Å². The van der Waals surface area contributed by atoms with Crippen LogP contribution in [0.5, 0.6) is 0 Å². The van der Waals surface area contributed by atoms with Crippen LogP contribution < -0.4 is 0 Å². The van der Waals surface area contributed by atoms with Crippen molar-refractivity contribution in [2.75, 3.05) is 6.61 Å². The van der Waals surface area contributed by atoms with Gasteiger partial charge in [0.25, 0.3) is 0 Å². The molecule has 0 aliphatic rings. The molecule has 0 saturated heterocycles. The normalized spacial score (nSPS) is 10.8. The Hall–Kier alpha value is -0.560. The lowest BCUT2D eigenvalue weighted by molar-refractivity contribution is 0.289. The third kappa shape index (κ3) is 11.4. The molecular weight excluding hydrogens is 160 g/mol. The van der Waals surface area contributed by atoms with Gasteiger partial charge in [0.15, 0.2) is 0 Å². The molecule has 0 fully saturated rings. The quantitative estimate of drug-likeness (QED) is 0.428. The Balaban J connectivity index is 2.97. The number of allylic oxidation sites excluding steroid dienone is 3. The molecule has 0 atom stereocenters. The predicted octanol–water partition coefficient (Wildman–Crippen LogP) is 3.45. The van der Waals surface area contributed by atoms with E-state index >= 15 is 0 Å². The molecule has 0 aliphatic carbocycles. The van der Waals surface area contributed by atoms with E-state index in [0.29, 0.717) is 6.61 Å². The Morgan fingerprint density at radius 2 is 1.46 bits per heavy atom. The van der Waals surface area contributed by atoms with Gasteiger partial charge in [-0.05, 0) is 38.5 Å². The van der Waals surface area contributed by atoms with Crippen LogP contribution in [0.3, 0.4) is 0 Å². The molecule has 0 unspecified atom stereocenters. The van der Waals surface area contributed by atoms with Crippen molar-refractivity contribution < 1.29 is 5.11 Å². The maximum Gasteiger partial charge on any atom is 0.0433 e. The van der Waals surface area contributed by atoms with Gasteiger partial charge in [-0.1, -0.05) is 24.6 Å². The van der Waals surface area contributed by atoms with Crippen molar-refractivity contribution in [2.24, 2.45) is 0 Å². The smallest absolute Gasteiger partial charge is 0.0433 e. The summed E-state index contributed by atoms with van der Waals surface area (Å²) in [5, 5.41) is 8.52. The molecule has 0 rings (SSSR count). The van der Waals surface area contributed by atoms with Gasteiger partial charge >= 0.3 is 0 Å². The molecule has 13 heavy (non-hydrogen) atoms. The van der Waals surface area contributed by atoms with Crippen LogP contribution in [0.1, 0.15) is 44.9 Å². The summed E-state index contributed by atoms with van der Waals surface area (Å²) < 4.78 is 0. The molecule has 0 aromatic heterocycles. The first-order valence-corrected chi connectivity index (χ1v) is 5.28. The lowest BCUT2D eigenvalue weighted by atomic mass is 10.1. The summed E-state index contributed by atoms with van der Waals surface area (Å²) in [5.74, 6) is 0. The number of aliphatic hydroxyl groups excluding tert-OH is 1. The van der Waals surface area contributed by atoms with Gasteiger partial charge in [-0.3, -0.25) is 0 Å². The van der Waals surface area contributed by atoms with Gasteiger partial charge < -0.3 is 5.11 Å². The second kappa shape index (κ2) is 11.4. The highest BCUT2D eigenvalue weighted by molar-refractivity contribution is 4.81. The minimum absolute atomic E-state index is 0.309. The highest BCUT2D eigenvalue weighted by Gasteiger charge is 1.85. The van der Waals surface area contributed by atoms with E-state index < -0.39 is 0 Å². The topological polar surface area (TPSA) is 20.2 Å². The standard InChI is InChI=1S/C12H22O/c1-2-3-4-5-6-7-8-9-10-11-12-13/h2,8-9,13H,1,3-7,10-12H2/b9-8-. The van der Waals surface area contributed by atoms with E-state index in [1.807, 2.05) is 6.08 Å². The van der Waals surface area contributed by atoms with E-state index in [4.69, 9.17) is 5.11 Å². The molecule has 0 aromatic rings. The zero-order chi connectivity index (χ0) is 9.78. The van der Waals surface area contributed by atoms with Gasteiger partial charge in [-0.25, -0.2) is 0 Å². The van der Waals surface area contributed by atoms with Gasteiger partial charge in [0.1, 0.15) is 0 Å². The fourth-order valence-corrected chi connectivity index (χ4v) is 1.17. The predicted molar refractivity (Wildman–Crippen MR) is 58.7 cm³/mol. The van der Waals surface area contributed by atoms with Gasteiger partial charge in [-0.15, -0.1) is 6.58 Å². The van der Waals surface area contributed by atoms with Crippen LogP contribution in [0.2, 0.25) is 0 Å². The van der Waals surface area contributed by atoms with Crippen LogP contribution in [0, 0.1) is 0 Å². The second-order valence-corrected chi connectivity index (χ2v) is 3.26. The first-order chi connectivity index (χ1) is 6.41. The van der Waals surface area contributed by atoms with E-state index in [-0.39, 0.29) is 0 Å². The Bertz CT molecular complexity index is 127. The van der Waals surface area contributed by atoms with Crippen molar-refractivity contribution in [3.05, 3.63) is 24.8 Å². The Labute approximate surface area is 82.2 Å². The zero-order valence-electron chi connectivity index (χ0n) is 8.54. The van der Waals surface area contributed by atoms with Crippen molar-refractivity contribution >= 4 is 0 Å². The van der Waals surface area contributed by atoms with Crippen molar-refractivity contribution in [1.29, 1.82) is 0 Å². The summed E-state index contributed by atoms with van der Waals surface area (Å²) in [4.78, 5) is 0. The molecule has 0 aliphatic heterocycles. The third-order valence-electron chi connectivity index (χ3n) is 1.97. The average Bonchev–Trinajstić information content (AvgIpc) is 2.16. The van der Waals surface area contributed by atoms with Gasteiger partial charge in [-0.2, -0.15) is 0 Å². The number of aliphatic hydroxyl groups is 1. The van der Waals surface area contributed by atoms with Crippen molar-refractivity contribution in [3.8, 4) is 0 Å². The Morgan fingerprint density at radius 1 is 0.846 bits per heavy atom. The van der Waals surface area contributed by atoms with E-state index in [1.54, 1.807) is 0 Å². The second-order valence-electron chi connectivity index (χ2n) is 3.26. The minimum Gasteiger partial charge on any atom is -0.396 e. The molecule has 0 aromatic carbocycles. The molecule has 0 heterocycles. The Kier molecular flexibility index (Phi) is 10.9. The van der Waals surface area contributed by atoms with Crippen LogP contribution in [0.4, 0.5) is 0 Å². The van der Waals surface area contributed by atoms with Crippen LogP contribution in [-0.4, -0.2) is 11.7 Å². The van der Waals surface area contributed by atoms with E-state index in [1.165, 1.54) is 25.7 Å². The molecule has 0 spiro atoms. The third-order valence-corrected chi connectivity index (χ3v) is 1.97. The summed E-state index contributed by atoms with van der Waals surface area (Å²) in [5.41, 5.74) is 0. The molecule has 0 amide bonds. The Morgan fingerprint density at radius 3 is 2.08 bits per heavy atom. The van der Waals surface area contributed by atoms with E-state index in [0.717, 1.165) is 19.3 Å². The van der Waals surface area contributed by atoms with Crippen LogP contribution in [-0.2, 0) is 0 Å². The summed E-state index contributed by atoms with van der Waals surface area (Å²) >= 11 is 0. The average molecular weight is 182 g/mol. The molecule has 0 saturated carbocycles. The highest BCUT2D eigenvalue weighted by atomic mass is 16.2. The summed E-state index contributed by atoms with van der Waals surface area (Å²) in [7, 11) is 0. The highest BCUT2D eigenvalue weighted by Crippen LogP contribution is 2.04. The van der Waals surface area contributed by atoms with Crippen molar-refractivity contribution in [1.82, 2.24) is 0 Å². The number of hydrogen-bond donors (Lipinski definition) is 1. The first kappa shape index (κ1) is 12.4. The van der Waals surface area contributed by atoms with Crippen LogP contribution >= 0.6 is 0 Å². The monoisotopic (exact) mass is 182 g/mol. The molecule has 76 valence electrons. The number of rotatable bonds is 9. The maximum atomic E-state index is 8.52. The minimum atomic E-state index is 0.309. The van der Waals surface area contributed by atoms with Crippen LogP contribution in [0.25, 0.3) is 0 Å². The number of unbranched alkanes of at least 4 members (excludes halogenated alkanes) is 5. The van der Waals surface area contributed by atoms with Crippen molar-refractivity contribution in [3.63, 3.8) is 0 Å². The summed E-state index contributed by atoms with van der Waals surface area (Å²) in [6.07, 6.45) is 14.5. The summed E-state index contributed by atoms with van der Waals surface area (Å²) in [6.45, 7) is 4.00. The van der Waals surface area contributed by atoms with Gasteiger partial charge in [0.05, 0.1) is 0 Å². The van der Waals surface area contributed by atoms with Gasteiger partial charge in [0, 0.05) is 6.61 Å². The van der Waals surface area contributed by atoms with E-state index in [2.05, 4.69) is 18.7 Å². The fourth-order valence-electron chi connectivity index (χ4n) is 1.17. The molecule has 1 N–H and O–H groups in total. The lowest BCUT2D eigenvalue weighted by Crippen LogP contribution is -1.78. The molecule has 1 heteroatoms. The molecule has 0 bridgehead atoms. The molecular formula is C12H22O. The molecule has 0 radical (unpaired) electrons. The van der Waals surface area contributed by atoms with Crippen LogP contribution in [0.15, 0.2) is 24.8 Å². The number of hydrogen-bond acceptors (Lipinski definition) is 1. The lowest BCUT2D eigenvalue weighted by Gasteiger charge is -1.94. The largest absolute Gasteiger partial charge is 0.396 e. The maximum absolute atomic E-state index is 8.52. The molecule has 1 nitrogen and oxygen atoms in total. The first-order valence-electron chi connectivity index (χ1n) is 5.28. The van der Waals surface area contributed by atoms with Gasteiger partial charge in [0.2, 0.25) is 0 Å². The zero-order valence-corrected chi connectivity index (χ0v) is 8.54.